The maximum absolute atomic E-state index is 12.2. The molecule has 0 aromatic heterocycles. The van der Waals surface area contributed by atoms with Crippen LogP contribution in [0.4, 0.5) is 0 Å². The number of esters is 1. The van der Waals surface area contributed by atoms with Crippen molar-refractivity contribution in [3.8, 4) is 0 Å². The summed E-state index contributed by atoms with van der Waals surface area (Å²) in [6.45, 7) is 5.73. The summed E-state index contributed by atoms with van der Waals surface area (Å²) in [5.74, 6) is 0.743. The maximum atomic E-state index is 12.2. The van der Waals surface area contributed by atoms with Crippen molar-refractivity contribution in [3.63, 3.8) is 0 Å². The van der Waals surface area contributed by atoms with Gasteiger partial charge in [0.25, 0.3) is 0 Å². The smallest absolute Gasteiger partial charge is 0.315 e. The molecule has 0 aromatic rings. The van der Waals surface area contributed by atoms with Crippen molar-refractivity contribution < 1.29 is 14.6 Å². The van der Waals surface area contributed by atoms with Gasteiger partial charge in [-0.1, -0.05) is 6.42 Å². The number of hydrogen-bond acceptors (Lipinski definition) is 3. The lowest BCUT2D eigenvalue weighted by Gasteiger charge is -2.44. The average Bonchev–Trinajstić information content (AvgIpc) is 2.75. The van der Waals surface area contributed by atoms with E-state index in [1.807, 2.05) is 6.92 Å². The van der Waals surface area contributed by atoms with Gasteiger partial charge in [-0.15, -0.1) is 0 Å². The summed E-state index contributed by atoms with van der Waals surface area (Å²) in [6.07, 6.45) is 4.16. The van der Waals surface area contributed by atoms with E-state index in [4.69, 9.17) is 4.74 Å². The first kappa shape index (κ1) is 11.9. The molecule has 0 radical (unpaired) electrons. The predicted octanol–water partition coefficient (Wildman–Crippen LogP) is 2.13. The van der Waals surface area contributed by atoms with Gasteiger partial charge in [0, 0.05) is 0 Å². The molecule has 2 saturated carbocycles. The Kier molecular flexibility index (Phi) is 2.77. The first-order valence-electron chi connectivity index (χ1n) is 6.31. The van der Waals surface area contributed by atoms with E-state index in [1.165, 1.54) is 6.42 Å². The Morgan fingerprint density at radius 3 is 2.56 bits per heavy atom. The number of hydrogen-bond donors (Lipinski definition) is 1. The van der Waals surface area contributed by atoms with Gasteiger partial charge in [-0.3, -0.25) is 4.79 Å². The van der Waals surface area contributed by atoms with Crippen LogP contribution in [0.3, 0.4) is 0 Å². The topological polar surface area (TPSA) is 46.5 Å². The minimum Gasteiger partial charge on any atom is -0.465 e. The van der Waals surface area contributed by atoms with Gasteiger partial charge in [0.05, 0.1) is 17.6 Å². The summed E-state index contributed by atoms with van der Waals surface area (Å²) < 4.78 is 5.21. The summed E-state index contributed by atoms with van der Waals surface area (Å²) >= 11 is 0. The third kappa shape index (κ3) is 1.48. The van der Waals surface area contributed by atoms with E-state index < -0.39 is 11.0 Å². The van der Waals surface area contributed by atoms with Gasteiger partial charge >= 0.3 is 5.97 Å². The quantitative estimate of drug-likeness (QED) is 0.750. The van der Waals surface area contributed by atoms with Crippen LogP contribution in [0.15, 0.2) is 0 Å². The molecule has 0 heterocycles. The molecule has 0 spiro atoms. The number of rotatable bonds is 3. The van der Waals surface area contributed by atoms with E-state index in [-0.39, 0.29) is 5.97 Å². The monoisotopic (exact) mass is 226 g/mol. The molecular weight excluding hydrogens is 204 g/mol. The highest BCUT2D eigenvalue weighted by atomic mass is 16.5. The molecule has 2 fully saturated rings. The molecule has 2 bridgehead atoms. The third-order valence-electron chi connectivity index (χ3n) is 4.58. The van der Waals surface area contributed by atoms with Gasteiger partial charge in [0.15, 0.2) is 0 Å². The number of fused-ring (bicyclic) bond motifs is 2. The predicted molar refractivity (Wildman–Crippen MR) is 60.8 cm³/mol. The molecule has 0 aliphatic heterocycles. The minimum absolute atomic E-state index is 0.185. The summed E-state index contributed by atoms with van der Waals surface area (Å²) in [6, 6.07) is 0. The Morgan fingerprint density at radius 2 is 2.19 bits per heavy atom. The largest absolute Gasteiger partial charge is 0.465 e. The molecule has 2 aliphatic carbocycles. The van der Waals surface area contributed by atoms with E-state index in [9.17, 15) is 9.90 Å². The fourth-order valence-electron chi connectivity index (χ4n) is 3.84. The highest BCUT2D eigenvalue weighted by molar-refractivity contribution is 5.79. The van der Waals surface area contributed by atoms with Crippen LogP contribution in [0.25, 0.3) is 0 Å². The van der Waals surface area contributed by atoms with E-state index >= 15 is 0 Å². The van der Waals surface area contributed by atoms with Crippen LogP contribution in [-0.2, 0) is 9.53 Å². The molecule has 0 saturated heterocycles. The molecule has 1 N–H and O–H groups in total. The Hall–Kier alpha value is -0.570. The lowest BCUT2D eigenvalue weighted by molar-refractivity contribution is -0.179. The van der Waals surface area contributed by atoms with Crippen molar-refractivity contribution in [2.45, 2.75) is 52.1 Å². The fourth-order valence-corrected chi connectivity index (χ4v) is 3.84. The van der Waals surface area contributed by atoms with Crippen molar-refractivity contribution in [2.75, 3.05) is 6.61 Å². The summed E-state index contributed by atoms with van der Waals surface area (Å²) in [5.41, 5.74) is -1.62. The number of aliphatic hydroxyl groups is 1. The number of carbonyl (C=O) groups excluding carboxylic acids is 1. The zero-order valence-corrected chi connectivity index (χ0v) is 10.5. The van der Waals surface area contributed by atoms with Crippen molar-refractivity contribution >= 4 is 5.97 Å². The van der Waals surface area contributed by atoms with Crippen LogP contribution >= 0.6 is 0 Å². The van der Waals surface area contributed by atoms with E-state index in [0.29, 0.717) is 18.4 Å². The Morgan fingerprint density at radius 1 is 1.50 bits per heavy atom. The normalized spacial score (nSPS) is 37.8. The van der Waals surface area contributed by atoms with Gasteiger partial charge < -0.3 is 9.84 Å². The zero-order valence-electron chi connectivity index (χ0n) is 10.5. The number of carbonyl (C=O) groups is 1. The first-order chi connectivity index (χ1) is 7.41. The molecule has 92 valence electrons. The number of ether oxygens (including phenoxy) is 1. The maximum Gasteiger partial charge on any atom is 0.315 e. The minimum atomic E-state index is -0.973. The Bertz CT molecular complexity index is 292. The summed E-state index contributed by atoms with van der Waals surface area (Å²) in [4.78, 5) is 12.2. The van der Waals surface area contributed by atoms with Gasteiger partial charge in [0.2, 0.25) is 0 Å². The fraction of sp³-hybridized carbons (Fsp3) is 0.923. The molecular formula is C13H22O3. The molecule has 3 nitrogen and oxygen atoms in total. The van der Waals surface area contributed by atoms with E-state index in [1.54, 1.807) is 13.8 Å². The van der Waals surface area contributed by atoms with Crippen molar-refractivity contribution in [2.24, 2.45) is 17.3 Å². The van der Waals surface area contributed by atoms with Crippen LogP contribution in [0.2, 0.25) is 0 Å². The van der Waals surface area contributed by atoms with Crippen LogP contribution in [-0.4, -0.2) is 23.3 Å². The Labute approximate surface area is 97.2 Å². The van der Waals surface area contributed by atoms with Crippen molar-refractivity contribution in [1.82, 2.24) is 0 Å². The summed E-state index contributed by atoms with van der Waals surface area (Å²) in [5, 5.41) is 10.4. The second-order valence-electron chi connectivity index (χ2n) is 5.83. The van der Waals surface area contributed by atoms with Crippen LogP contribution in [0.1, 0.15) is 46.5 Å². The van der Waals surface area contributed by atoms with Crippen molar-refractivity contribution in [3.05, 3.63) is 0 Å². The lowest BCUT2D eigenvalue weighted by atomic mass is 9.63. The van der Waals surface area contributed by atoms with Crippen LogP contribution in [0, 0.1) is 17.3 Å². The third-order valence-corrected chi connectivity index (χ3v) is 4.58. The van der Waals surface area contributed by atoms with Gasteiger partial charge in [0.1, 0.15) is 0 Å². The standard InChI is InChI=1S/C13H22O3/c1-4-16-11(14)13(12(2,3)15)8-9-5-6-10(13)7-9/h9-10,15H,4-8H2,1-3H3. The molecule has 2 aliphatic rings. The van der Waals surface area contributed by atoms with Crippen LogP contribution < -0.4 is 0 Å². The second-order valence-corrected chi connectivity index (χ2v) is 5.83. The average molecular weight is 226 g/mol. The second kappa shape index (κ2) is 3.73. The zero-order chi connectivity index (χ0) is 12.0. The van der Waals surface area contributed by atoms with E-state index in [2.05, 4.69) is 0 Å². The molecule has 3 heteroatoms. The van der Waals surface area contributed by atoms with Gasteiger partial charge in [-0.2, -0.15) is 0 Å². The molecule has 0 amide bonds. The lowest BCUT2D eigenvalue weighted by Crippen LogP contribution is -2.53. The summed E-state index contributed by atoms with van der Waals surface area (Å²) in [7, 11) is 0. The SMILES string of the molecule is CCOC(=O)C1(C(C)(C)O)CC2CCC1C2. The van der Waals surface area contributed by atoms with Gasteiger partial charge in [-0.05, 0) is 51.9 Å². The van der Waals surface area contributed by atoms with Crippen LogP contribution in [0.5, 0.6) is 0 Å². The van der Waals surface area contributed by atoms with Gasteiger partial charge in [-0.25, -0.2) is 0 Å². The molecule has 3 atom stereocenters. The molecule has 2 rings (SSSR count). The molecule has 3 unspecified atom stereocenters. The first-order valence-corrected chi connectivity index (χ1v) is 6.31. The molecule has 0 aromatic carbocycles. The highest BCUT2D eigenvalue weighted by Gasteiger charge is 2.63. The Balaban J connectivity index is 2.31. The molecule has 16 heavy (non-hydrogen) atoms. The van der Waals surface area contributed by atoms with E-state index in [0.717, 1.165) is 19.3 Å². The highest BCUT2D eigenvalue weighted by Crippen LogP contribution is 2.60. The van der Waals surface area contributed by atoms with Crippen molar-refractivity contribution in [1.29, 1.82) is 0 Å².